The van der Waals surface area contributed by atoms with Gasteiger partial charge < -0.3 is 0 Å². The first kappa shape index (κ1) is 12.7. The predicted octanol–water partition coefficient (Wildman–Crippen LogP) is 4.30. The van der Waals surface area contributed by atoms with Crippen LogP contribution in [0.4, 0.5) is 4.39 Å². The quantitative estimate of drug-likeness (QED) is 0.765. The van der Waals surface area contributed by atoms with E-state index in [9.17, 15) is 4.39 Å². The van der Waals surface area contributed by atoms with Gasteiger partial charge in [0.1, 0.15) is 5.82 Å². The van der Waals surface area contributed by atoms with Gasteiger partial charge in [0, 0.05) is 10.6 Å². The van der Waals surface area contributed by atoms with E-state index in [2.05, 4.69) is 6.07 Å². The van der Waals surface area contributed by atoms with Crippen molar-refractivity contribution in [1.82, 2.24) is 0 Å². The van der Waals surface area contributed by atoms with E-state index in [4.69, 9.17) is 5.26 Å². The molecule has 0 bridgehead atoms. The molecule has 0 aliphatic heterocycles. The molecule has 2 aromatic carbocycles. The average molecular weight is 257 g/mol. The number of nitriles is 1. The molecule has 18 heavy (non-hydrogen) atoms. The van der Waals surface area contributed by atoms with Gasteiger partial charge in [-0.3, -0.25) is 0 Å². The Bertz CT molecular complexity index is 602. The first-order chi connectivity index (χ1) is 8.69. The summed E-state index contributed by atoms with van der Waals surface area (Å²) in [6.07, 6.45) is 0. The van der Waals surface area contributed by atoms with Crippen molar-refractivity contribution in [1.29, 1.82) is 5.26 Å². The van der Waals surface area contributed by atoms with Gasteiger partial charge in [0.05, 0.1) is 11.6 Å². The number of rotatable bonds is 3. The van der Waals surface area contributed by atoms with Crippen molar-refractivity contribution in [2.45, 2.75) is 17.6 Å². The van der Waals surface area contributed by atoms with Crippen LogP contribution in [0.15, 0.2) is 47.4 Å². The van der Waals surface area contributed by atoms with Crippen LogP contribution in [0.25, 0.3) is 0 Å². The van der Waals surface area contributed by atoms with Crippen LogP contribution in [-0.4, -0.2) is 0 Å². The molecule has 1 nitrogen and oxygen atoms in total. The van der Waals surface area contributed by atoms with Crippen LogP contribution in [0, 0.1) is 24.1 Å². The predicted molar refractivity (Wildman–Crippen MR) is 71.9 cm³/mol. The Balaban J connectivity index is 2.09. The monoisotopic (exact) mass is 257 g/mol. The van der Waals surface area contributed by atoms with E-state index < -0.39 is 0 Å². The van der Waals surface area contributed by atoms with E-state index in [-0.39, 0.29) is 5.82 Å². The Morgan fingerprint density at radius 2 is 2.06 bits per heavy atom. The summed E-state index contributed by atoms with van der Waals surface area (Å²) in [6.45, 7) is 2.03. The molecule has 0 aliphatic carbocycles. The SMILES string of the molecule is Cc1cccc(SCc2ccc(C#N)cc2F)c1. The molecule has 0 unspecified atom stereocenters. The lowest BCUT2D eigenvalue weighted by Gasteiger charge is -2.04. The summed E-state index contributed by atoms with van der Waals surface area (Å²) in [5, 5.41) is 8.67. The maximum atomic E-state index is 13.7. The zero-order valence-electron chi connectivity index (χ0n) is 9.98. The van der Waals surface area contributed by atoms with Gasteiger partial charge in [-0.05, 0) is 36.8 Å². The van der Waals surface area contributed by atoms with Gasteiger partial charge in [-0.15, -0.1) is 11.8 Å². The molecule has 0 spiro atoms. The molecule has 0 aromatic heterocycles. The van der Waals surface area contributed by atoms with Crippen LogP contribution in [0.1, 0.15) is 16.7 Å². The molecule has 0 amide bonds. The molecule has 0 atom stereocenters. The summed E-state index contributed by atoms with van der Waals surface area (Å²) in [7, 11) is 0. The van der Waals surface area contributed by atoms with Crippen LogP contribution >= 0.6 is 11.8 Å². The Morgan fingerprint density at radius 3 is 2.72 bits per heavy atom. The minimum absolute atomic E-state index is 0.311. The van der Waals surface area contributed by atoms with E-state index in [1.54, 1.807) is 23.9 Å². The van der Waals surface area contributed by atoms with E-state index in [0.29, 0.717) is 16.9 Å². The van der Waals surface area contributed by atoms with Crippen molar-refractivity contribution in [2.24, 2.45) is 0 Å². The Hall–Kier alpha value is -1.79. The number of hydrogen-bond donors (Lipinski definition) is 0. The fourth-order valence-corrected chi connectivity index (χ4v) is 2.60. The number of nitrogens with zero attached hydrogens (tertiary/aromatic N) is 1. The van der Waals surface area contributed by atoms with Gasteiger partial charge >= 0.3 is 0 Å². The fourth-order valence-electron chi connectivity index (χ4n) is 1.60. The van der Waals surface area contributed by atoms with Crippen LogP contribution in [0.3, 0.4) is 0 Å². The Morgan fingerprint density at radius 1 is 1.22 bits per heavy atom. The summed E-state index contributed by atoms with van der Waals surface area (Å²) in [6, 6.07) is 14.7. The highest BCUT2D eigenvalue weighted by molar-refractivity contribution is 7.98. The lowest BCUT2D eigenvalue weighted by Crippen LogP contribution is -1.89. The maximum Gasteiger partial charge on any atom is 0.128 e. The van der Waals surface area contributed by atoms with Gasteiger partial charge in [-0.2, -0.15) is 5.26 Å². The highest BCUT2D eigenvalue weighted by Crippen LogP contribution is 2.25. The Labute approximate surface area is 110 Å². The van der Waals surface area contributed by atoms with Gasteiger partial charge in [-0.25, -0.2) is 4.39 Å². The molecule has 0 saturated heterocycles. The minimum atomic E-state index is -0.311. The smallest absolute Gasteiger partial charge is 0.128 e. The van der Waals surface area contributed by atoms with Gasteiger partial charge in [0.25, 0.3) is 0 Å². The number of halogens is 1. The largest absolute Gasteiger partial charge is 0.207 e. The highest BCUT2D eigenvalue weighted by atomic mass is 32.2. The first-order valence-corrected chi connectivity index (χ1v) is 6.55. The second kappa shape index (κ2) is 5.70. The molecule has 0 N–H and O–H groups in total. The van der Waals surface area contributed by atoms with Crippen LogP contribution < -0.4 is 0 Å². The van der Waals surface area contributed by atoms with E-state index >= 15 is 0 Å². The number of thioether (sulfide) groups is 1. The maximum absolute atomic E-state index is 13.7. The zero-order chi connectivity index (χ0) is 13.0. The fraction of sp³-hybridized carbons (Fsp3) is 0.133. The molecular formula is C15H12FNS. The van der Waals surface area contributed by atoms with Crippen LogP contribution in [0.5, 0.6) is 0 Å². The lowest BCUT2D eigenvalue weighted by atomic mass is 10.1. The molecule has 0 fully saturated rings. The second-order valence-corrected chi connectivity index (χ2v) is 5.07. The molecule has 0 saturated carbocycles. The molecule has 3 heteroatoms. The third kappa shape index (κ3) is 3.12. The van der Waals surface area contributed by atoms with Crippen LogP contribution in [0.2, 0.25) is 0 Å². The number of benzene rings is 2. The lowest BCUT2D eigenvalue weighted by molar-refractivity contribution is 0.617. The topological polar surface area (TPSA) is 23.8 Å². The molecule has 0 aliphatic rings. The number of hydrogen-bond acceptors (Lipinski definition) is 2. The van der Waals surface area contributed by atoms with Crippen molar-refractivity contribution in [3.05, 3.63) is 65.0 Å². The number of aryl methyl sites for hydroxylation is 1. The van der Waals surface area contributed by atoms with Gasteiger partial charge in [0.2, 0.25) is 0 Å². The van der Waals surface area contributed by atoms with Gasteiger partial charge in [-0.1, -0.05) is 23.8 Å². The van der Waals surface area contributed by atoms with Crippen LogP contribution in [-0.2, 0) is 5.75 Å². The van der Waals surface area contributed by atoms with Crippen molar-refractivity contribution in [3.63, 3.8) is 0 Å². The summed E-state index contributed by atoms with van der Waals surface area (Å²) in [5.41, 5.74) is 2.18. The first-order valence-electron chi connectivity index (χ1n) is 5.57. The molecular weight excluding hydrogens is 245 g/mol. The highest BCUT2D eigenvalue weighted by Gasteiger charge is 2.04. The second-order valence-electron chi connectivity index (χ2n) is 4.02. The summed E-state index contributed by atoms with van der Waals surface area (Å²) < 4.78 is 13.7. The normalized spacial score (nSPS) is 10.1. The summed E-state index contributed by atoms with van der Waals surface area (Å²) >= 11 is 1.59. The molecule has 0 heterocycles. The van der Waals surface area contributed by atoms with E-state index in [1.807, 2.05) is 31.2 Å². The summed E-state index contributed by atoms with van der Waals surface area (Å²) in [4.78, 5) is 1.12. The van der Waals surface area contributed by atoms with E-state index in [0.717, 1.165) is 4.90 Å². The van der Waals surface area contributed by atoms with Crippen molar-refractivity contribution in [2.75, 3.05) is 0 Å². The zero-order valence-corrected chi connectivity index (χ0v) is 10.8. The third-order valence-electron chi connectivity index (χ3n) is 2.57. The molecule has 2 aromatic rings. The van der Waals surface area contributed by atoms with Crippen molar-refractivity contribution in [3.8, 4) is 6.07 Å². The standard InChI is InChI=1S/C15H12FNS/c1-11-3-2-4-14(7-11)18-10-13-6-5-12(9-17)8-15(13)16/h2-8H,10H2,1H3. The average Bonchev–Trinajstić information content (AvgIpc) is 2.37. The van der Waals surface area contributed by atoms with Gasteiger partial charge in [0.15, 0.2) is 0 Å². The van der Waals surface area contributed by atoms with E-state index in [1.165, 1.54) is 11.6 Å². The Kier molecular flexibility index (Phi) is 4.01. The third-order valence-corrected chi connectivity index (χ3v) is 3.61. The molecule has 2 rings (SSSR count). The van der Waals surface area contributed by atoms with Crippen molar-refractivity contribution < 1.29 is 4.39 Å². The summed E-state index contributed by atoms with van der Waals surface area (Å²) in [5.74, 6) is 0.260. The minimum Gasteiger partial charge on any atom is -0.207 e. The molecule has 0 radical (unpaired) electrons. The van der Waals surface area contributed by atoms with Crippen molar-refractivity contribution >= 4 is 11.8 Å². The molecule has 90 valence electrons.